The highest BCUT2D eigenvalue weighted by Crippen LogP contribution is 2.64. The highest BCUT2D eigenvalue weighted by molar-refractivity contribution is 6.27. The van der Waals surface area contributed by atoms with Crippen LogP contribution in [0, 0.1) is 18.8 Å². The molecule has 9 rings (SSSR count). The molecule has 5 aromatic carbocycles. The van der Waals surface area contributed by atoms with Crippen LogP contribution in [0.2, 0.25) is 0 Å². The summed E-state index contributed by atoms with van der Waals surface area (Å²) in [5.41, 5.74) is 6.08. The molecule has 5 aromatic rings. The molecule has 2 amide bonds. The fourth-order valence-corrected chi connectivity index (χ4v) is 7.58. The van der Waals surface area contributed by atoms with Gasteiger partial charge in [-0.1, -0.05) is 97.1 Å². The quantitative estimate of drug-likeness (QED) is 0.189. The van der Waals surface area contributed by atoms with E-state index in [1.807, 2.05) is 104 Å². The Morgan fingerprint density at radius 1 is 0.725 bits per heavy atom. The first-order chi connectivity index (χ1) is 19.6. The van der Waals surface area contributed by atoms with Crippen LogP contribution in [0.1, 0.15) is 33.7 Å². The van der Waals surface area contributed by atoms with Crippen molar-refractivity contribution in [3.05, 3.63) is 143 Å². The molecular formula is C36H26N2O2. The van der Waals surface area contributed by atoms with Gasteiger partial charge in [0.1, 0.15) is 0 Å². The van der Waals surface area contributed by atoms with Crippen LogP contribution in [-0.4, -0.2) is 18.0 Å². The number of anilines is 1. The number of aryl methyl sites for hydroxylation is 1. The molecule has 0 unspecified atom stereocenters. The fourth-order valence-electron chi connectivity index (χ4n) is 7.58. The van der Waals surface area contributed by atoms with E-state index in [0.717, 1.165) is 44.3 Å². The van der Waals surface area contributed by atoms with Crippen LogP contribution in [0.4, 0.5) is 11.4 Å². The Bertz CT molecular complexity index is 1850. The molecule has 0 radical (unpaired) electrons. The Morgan fingerprint density at radius 3 is 2.12 bits per heavy atom. The van der Waals surface area contributed by atoms with Crippen molar-refractivity contribution in [2.75, 3.05) is 4.90 Å². The number of amides is 2. The SMILES string of the molecule is Cc1cccc(N=CC23c4ccccc4C(c4ccccc42)[C@H]2C(=O)N(c4cccc5ccccc45)C(=O)[C@H]23)c1. The second kappa shape index (κ2) is 8.33. The smallest absolute Gasteiger partial charge is 0.239 e. The monoisotopic (exact) mass is 518 g/mol. The maximum Gasteiger partial charge on any atom is 0.239 e. The molecule has 2 bridgehead atoms. The molecule has 3 aliphatic carbocycles. The molecule has 192 valence electrons. The van der Waals surface area contributed by atoms with Crippen molar-refractivity contribution in [2.24, 2.45) is 16.8 Å². The number of aliphatic imine (C=N–C) groups is 1. The Kier molecular flexibility index (Phi) is 4.81. The minimum absolute atomic E-state index is 0.131. The van der Waals surface area contributed by atoms with Gasteiger partial charge < -0.3 is 0 Å². The molecule has 4 heteroatoms. The van der Waals surface area contributed by atoms with E-state index in [4.69, 9.17) is 4.99 Å². The molecule has 1 heterocycles. The average molecular weight is 519 g/mol. The third kappa shape index (κ3) is 2.93. The topological polar surface area (TPSA) is 49.7 Å². The normalized spacial score (nSPS) is 24.4. The van der Waals surface area contributed by atoms with Gasteiger partial charge in [0.05, 0.1) is 28.6 Å². The first kappa shape index (κ1) is 23.1. The molecule has 0 aromatic heterocycles. The third-order valence-electron chi connectivity index (χ3n) is 9.11. The number of rotatable bonds is 3. The van der Waals surface area contributed by atoms with E-state index in [9.17, 15) is 9.59 Å². The number of imide groups is 1. The van der Waals surface area contributed by atoms with E-state index in [2.05, 4.69) is 24.3 Å². The van der Waals surface area contributed by atoms with Gasteiger partial charge >= 0.3 is 0 Å². The number of benzene rings is 5. The molecular weight excluding hydrogens is 492 g/mol. The molecule has 1 saturated heterocycles. The molecule has 4 aliphatic rings. The molecule has 4 nitrogen and oxygen atoms in total. The molecule has 1 fully saturated rings. The third-order valence-corrected chi connectivity index (χ3v) is 9.11. The van der Waals surface area contributed by atoms with Crippen molar-refractivity contribution >= 4 is 40.2 Å². The van der Waals surface area contributed by atoms with E-state index in [1.54, 1.807) is 0 Å². The van der Waals surface area contributed by atoms with Crippen molar-refractivity contribution in [3.8, 4) is 0 Å². The zero-order valence-electron chi connectivity index (χ0n) is 22.0. The van der Waals surface area contributed by atoms with Gasteiger partial charge in [-0.15, -0.1) is 0 Å². The Balaban J connectivity index is 1.40. The lowest BCUT2D eigenvalue weighted by Gasteiger charge is -2.52. The second-order valence-electron chi connectivity index (χ2n) is 11.1. The van der Waals surface area contributed by atoms with Crippen LogP contribution in [0.15, 0.2) is 120 Å². The van der Waals surface area contributed by atoms with Gasteiger partial charge in [0.15, 0.2) is 0 Å². The molecule has 0 spiro atoms. The summed E-state index contributed by atoms with van der Waals surface area (Å²) in [7, 11) is 0. The van der Waals surface area contributed by atoms with Gasteiger partial charge in [0.2, 0.25) is 11.8 Å². The minimum atomic E-state index is -0.873. The van der Waals surface area contributed by atoms with Crippen LogP contribution in [0.5, 0.6) is 0 Å². The van der Waals surface area contributed by atoms with E-state index < -0.39 is 17.3 Å². The fraction of sp³-hybridized carbons (Fsp3) is 0.139. The lowest BCUT2D eigenvalue weighted by molar-refractivity contribution is -0.122. The maximum atomic E-state index is 14.7. The Labute approximate surface area is 232 Å². The standard InChI is InChI=1S/C36H26N2O2/c1-22-10-8-13-24(20-22)37-21-36-28-17-6-4-15-26(28)31(27-16-5-7-18-29(27)36)32-33(36)35(40)38(34(32)39)30-19-9-12-23-11-2-3-14-25(23)30/h2-21,31-33H,1H3/t31?,32-,33+,36?/m1/s1. The summed E-state index contributed by atoms with van der Waals surface area (Å²) in [5.74, 6) is -1.59. The number of nitrogens with zero attached hydrogens (tertiary/aromatic N) is 2. The lowest BCUT2D eigenvalue weighted by atomic mass is 9.47. The predicted molar refractivity (Wildman–Crippen MR) is 158 cm³/mol. The molecule has 40 heavy (non-hydrogen) atoms. The van der Waals surface area contributed by atoms with E-state index >= 15 is 0 Å². The lowest BCUT2D eigenvalue weighted by Crippen LogP contribution is -2.54. The van der Waals surface area contributed by atoms with Crippen molar-refractivity contribution < 1.29 is 9.59 Å². The molecule has 0 N–H and O–H groups in total. The van der Waals surface area contributed by atoms with Crippen LogP contribution >= 0.6 is 0 Å². The van der Waals surface area contributed by atoms with Gasteiger partial charge in [-0.25, -0.2) is 4.90 Å². The van der Waals surface area contributed by atoms with Crippen LogP contribution in [0.25, 0.3) is 10.8 Å². The Morgan fingerprint density at radius 2 is 1.38 bits per heavy atom. The number of carbonyl (C=O) groups excluding carboxylic acids is 2. The highest BCUT2D eigenvalue weighted by Gasteiger charge is 2.68. The van der Waals surface area contributed by atoms with E-state index in [0.29, 0.717) is 5.69 Å². The van der Waals surface area contributed by atoms with Crippen LogP contribution in [0.3, 0.4) is 0 Å². The van der Waals surface area contributed by atoms with Crippen molar-refractivity contribution in [1.29, 1.82) is 0 Å². The van der Waals surface area contributed by atoms with Crippen molar-refractivity contribution in [1.82, 2.24) is 0 Å². The van der Waals surface area contributed by atoms with Gasteiger partial charge in [-0.05, 0) is 58.3 Å². The summed E-state index contributed by atoms with van der Waals surface area (Å²) >= 11 is 0. The van der Waals surface area contributed by atoms with Gasteiger partial charge in [-0.3, -0.25) is 14.6 Å². The summed E-state index contributed by atoms with van der Waals surface area (Å²) in [4.78, 5) is 35.7. The average Bonchev–Trinajstić information content (AvgIpc) is 3.26. The van der Waals surface area contributed by atoms with E-state index in [-0.39, 0.29) is 17.7 Å². The maximum absolute atomic E-state index is 14.7. The summed E-state index contributed by atoms with van der Waals surface area (Å²) < 4.78 is 0. The van der Waals surface area contributed by atoms with Gasteiger partial charge in [-0.2, -0.15) is 0 Å². The zero-order valence-corrected chi connectivity index (χ0v) is 22.0. The van der Waals surface area contributed by atoms with E-state index in [1.165, 1.54) is 4.90 Å². The summed E-state index contributed by atoms with van der Waals surface area (Å²) in [6, 6.07) is 38.4. The van der Waals surface area contributed by atoms with Gasteiger partial charge in [0.25, 0.3) is 0 Å². The predicted octanol–water partition coefficient (Wildman–Crippen LogP) is 7.10. The van der Waals surface area contributed by atoms with Crippen LogP contribution in [-0.2, 0) is 15.0 Å². The van der Waals surface area contributed by atoms with Gasteiger partial charge in [0, 0.05) is 17.5 Å². The first-order valence-electron chi connectivity index (χ1n) is 13.8. The molecule has 0 saturated carbocycles. The largest absolute Gasteiger partial charge is 0.274 e. The molecule has 1 aliphatic heterocycles. The molecule has 2 atom stereocenters. The Hall–Kier alpha value is -4.83. The summed E-state index contributed by atoms with van der Waals surface area (Å²) in [6.07, 6.45) is 1.96. The minimum Gasteiger partial charge on any atom is -0.274 e. The number of fused-ring (bicyclic) bond motifs is 1. The first-order valence-corrected chi connectivity index (χ1v) is 13.8. The second-order valence-corrected chi connectivity index (χ2v) is 11.1. The summed E-state index contributed by atoms with van der Waals surface area (Å²) in [5, 5.41) is 1.90. The number of hydrogen-bond acceptors (Lipinski definition) is 3. The number of carbonyl (C=O) groups is 2. The number of hydrogen-bond donors (Lipinski definition) is 0. The summed E-state index contributed by atoms with van der Waals surface area (Å²) in [6.45, 7) is 2.05. The zero-order chi connectivity index (χ0) is 27.0. The van der Waals surface area contributed by atoms with Crippen molar-refractivity contribution in [3.63, 3.8) is 0 Å². The van der Waals surface area contributed by atoms with Crippen LogP contribution < -0.4 is 4.90 Å². The van der Waals surface area contributed by atoms with Crippen molar-refractivity contribution in [2.45, 2.75) is 18.3 Å². The highest BCUT2D eigenvalue weighted by atomic mass is 16.2.